The minimum absolute atomic E-state index is 0. The Morgan fingerprint density at radius 1 is 0.974 bits per heavy atom. The van der Waals surface area contributed by atoms with Crippen molar-refractivity contribution in [1.29, 1.82) is 0 Å². The number of aromatic nitrogens is 1. The lowest BCUT2D eigenvalue weighted by atomic mass is 9.87. The van der Waals surface area contributed by atoms with Crippen LogP contribution in [0.25, 0.3) is 0 Å². The summed E-state index contributed by atoms with van der Waals surface area (Å²) in [6, 6.07) is 11.5. The third kappa shape index (κ3) is 7.85. The summed E-state index contributed by atoms with van der Waals surface area (Å²) in [5.74, 6) is 0.155. The molecular formula is C29H42F3N5O. The SMILES string of the molecule is C.CC(C)(C)c1ccc(N2CCN(CCC(=O)N3CCC(Nc4ccnc(C(F)(F)F)c4)CC3)CC2)cc1. The van der Waals surface area contributed by atoms with Gasteiger partial charge in [0.05, 0.1) is 0 Å². The van der Waals surface area contributed by atoms with Crippen molar-refractivity contribution in [3.63, 3.8) is 0 Å². The summed E-state index contributed by atoms with van der Waals surface area (Å²) in [6.45, 7) is 12.4. The number of piperazine rings is 1. The Morgan fingerprint density at radius 3 is 2.18 bits per heavy atom. The molecule has 4 rings (SSSR count). The first-order valence-corrected chi connectivity index (χ1v) is 13.1. The molecule has 0 unspecified atom stereocenters. The lowest BCUT2D eigenvalue weighted by Gasteiger charge is -2.37. The maximum absolute atomic E-state index is 12.9. The molecule has 2 aliphatic rings. The number of nitrogens with zero attached hydrogens (tertiary/aromatic N) is 4. The zero-order valence-corrected chi connectivity index (χ0v) is 22.0. The van der Waals surface area contributed by atoms with Crippen LogP contribution >= 0.6 is 0 Å². The lowest BCUT2D eigenvalue weighted by Crippen LogP contribution is -2.48. The van der Waals surface area contributed by atoms with Gasteiger partial charge in [-0.2, -0.15) is 13.2 Å². The van der Waals surface area contributed by atoms with E-state index in [2.05, 4.69) is 65.1 Å². The van der Waals surface area contributed by atoms with Gasteiger partial charge in [0, 0.05) is 75.8 Å². The van der Waals surface area contributed by atoms with Crippen molar-refractivity contribution in [2.45, 2.75) is 65.1 Å². The van der Waals surface area contributed by atoms with E-state index in [0.717, 1.165) is 38.8 Å². The van der Waals surface area contributed by atoms with Gasteiger partial charge in [0.2, 0.25) is 5.91 Å². The summed E-state index contributed by atoms with van der Waals surface area (Å²) in [5, 5.41) is 3.17. The van der Waals surface area contributed by atoms with Crippen LogP contribution in [0, 0.1) is 0 Å². The second-order valence-corrected chi connectivity index (χ2v) is 11.1. The number of likely N-dealkylation sites (tertiary alicyclic amines) is 1. The van der Waals surface area contributed by atoms with Crippen LogP contribution in [0.15, 0.2) is 42.6 Å². The number of rotatable bonds is 6. The molecule has 210 valence electrons. The zero-order valence-electron chi connectivity index (χ0n) is 22.0. The molecule has 0 saturated carbocycles. The molecule has 0 spiro atoms. The number of alkyl halides is 3. The monoisotopic (exact) mass is 533 g/mol. The number of carbonyl (C=O) groups is 1. The number of hydrogen-bond acceptors (Lipinski definition) is 5. The van der Waals surface area contributed by atoms with E-state index in [1.165, 1.54) is 17.4 Å². The molecule has 1 aromatic heterocycles. The Labute approximate surface area is 225 Å². The number of carbonyl (C=O) groups excluding carboxylic acids is 1. The minimum atomic E-state index is -4.46. The van der Waals surface area contributed by atoms with Crippen LogP contribution in [0.4, 0.5) is 24.5 Å². The minimum Gasteiger partial charge on any atom is -0.382 e. The number of nitrogens with one attached hydrogen (secondary N) is 1. The third-order valence-corrected chi connectivity index (χ3v) is 7.38. The molecule has 0 atom stereocenters. The second kappa shape index (κ2) is 12.4. The van der Waals surface area contributed by atoms with Crippen LogP contribution in [0.2, 0.25) is 0 Å². The maximum Gasteiger partial charge on any atom is 0.433 e. The van der Waals surface area contributed by atoms with Crippen molar-refractivity contribution in [3.05, 3.63) is 53.9 Å². The van der Waals surface area contributed by atoms with Gasteiger partial charge >= 0.3 is 6.18 Å². The molecule has 6 nitrogen and oxygen atoms in total. The fourth-order valence-electron chi connectivity index (χ4n) is 5.00. The number of amides is 1. The number of benzene rings is 1. The fourth-order valence-corrected chi connectivity index (χ4v) is 5.00. The van der Waals surface area contributed by atoms with E-state index in [4.69, 9.17) is 0 Å². The van der Waals surface area contributed by atoms with Crippen molar-refractivity contribution < 1.29 is 18.0 Å². The van der Waals surface area contributed by atoms with Gasteiger partial charge in [0.1, 0.15) is 5.69 Å². The molecule has 0 bridgehead atoms. The summed E-state index contributed by atoms with van der Waals surface area (Å²) in [5.41, 5.74) is 2.25. The standard InChI is InChI=1S/C28H38F3N5O.CH4/c1-27(2,3)21-4-6-24(7-5-21)35-18-16-34(17-19-35)13-11-26(37)36-14-9-22(10-15-36)33-23-8-12-32-25(20-23)28(29,30)31;/h4-8,12,20,22H,9-11,13-19H2,1-3H3,(H,32,33);1H4. The summed E-state index contributed by atoms with van der Waals surface area (Å²) < 4.78 is 38.7. The smallest absolute Gasteiger partial charge is 0.382 e. The Morgan fingerprint density at radius 2 is 1.61 bits per heavy atom. The zero-order chi connectivity index (χ0) is 26.6. The summed E-state index contributed by atoms with van der Waals surface area (Å²) >= 11 is 0. The van der Waals surface area contributed by atoms with Crippen LogP contribution in [-0.4, -0.2) is 72.5 Å². The van der Waals surface area contributed by atoms with Crippen molar-refractivity contribution >= 4 is 17.3 Å². The quantitative estimate of drug-likeness (QED) is 0.520. The normalized spacial score (nSPS) is 17.7. The van der Waals surface area contributed by atoms with Gasteiger partial charge in [-0.05, 0) is 48.1 Å². The Hall–Kier alpha value is -2.81. The van der Waals surface area contributed by atoms with Crippen molar-refractivity contribution in [2.24, 2.45) is 0 Å². The van der Waals surface area contributed by atoms with Gasteiger partial charge in [-0.1, -0.05) is 40.3 Å². The van der Waals surface area contributed by atoms with Crippen molar-refractivity contribution in [1.82, 2.24) is 14.8 Å². The highest BCUT2D eigenvalue weighted by atomic mass is 19.4. The average Bonchev–Trinajstić information content (AvgIpc) is 2.87. The number of halogens is 3. The summed E-state index contributed by atoms with van der Waals surface area (Å²) in [7, 11) is 0. The summed E-state index contributed by atoms with van der Waals surface area (Å²) in [4.78, 5) is 22.8. The number of pyridine rings is 1. The van der Waals surface area contributed by atoms with E-state index in [9.17, 15) is 18.0 Å². The van der Waals surface area contributed by atoms with Crippen LogP contribution in [0.1, 0.15) is 58.7 Å². The maximum atomic E-state index is 12.9. The van der Waals surface area contributed by atoms with E-state index < -0.39 is 11.9 Å². The van der Waals surface area contributed by atoms with E-state index in [-0.39, 0.29) is 24.8 Å². The number of anilines is 2. The first-order valence-electron chi connectivity index (χ1n) is 13.1. The average molecular weight is 534 g/mol. The molecule has 1 amide bonds. The van der Waals surface area contributed by atoms with Crippen molar-refractivity contribution in [2.75, 3.05) is 56.0 Å². The van der Waals surface area contributed by atoms with Crippen LogP contribution < -0.4 is 10.2 Å². The highest BCUT2D eigenvalue weighted by Gasteiger charge is 2.33. The van der Waals surface area contributed by atoms with Gasteiger partial charge < -0.3 is 15.1 Å². The largest absolute Gasteiger partial charge is 0.433 e. The molecule has 0 aliphatic carbocycles. The number of piperidine rings is 1. The Bertz CT molecular complexity index is 1040. The molecule has 0 radical (unpaired) electrons. The van der Waals surface area contributed by atoms with E-state index in [0.29, 0.717) is 38.0 Å². The van der Waals surface area contributed by atoms with E-state index in [1.807, 2.05) is 4.90 Å². The molecule has 1 N–H and O–H groups in total. The molecular weight excluding hydrogens is 491 g/mol. The summed E-state index contributed by atoms with van der Waals surface area (Å²) in [6.07, 6.45) is -1.37. The highest BCUT2D eigenvalue weighted by molar-refractivity contribution is 5.76. The Balaban J connectivity index is 0.00000400. The third-order valence-electron chi connectivity index (χ3n) is 7.38. The first kappa shape index (κ1) is 29.7. The number of hydrogen-bond donors (Lipinski definition) is 1. The van der Waals surface area contributed by atoms with Crippen LogP contribution in [0.5, 0.6) is 0 Å². The fraction of sp³-hybridized carbons (Fsp3) is 0.586. The van der Waals surface area contributed by atoms with Gasteiger partial charge in [-0.15, -0.1) is 0 Å². The predicted molar refractivity (Wildman–Crippen MR) is 148 cm³/mol. The topological polar surface area (TPSA) is 51.7 Å². The van der Waals surface area contributed by atoms with E-state index >= 15 is 0 Å². The van der Waals surface area contributed by atoms with E-state index in [1.54, 1.807) is 6.07 Å². The first-order chi connectivity index (χ1) is 17.5. The van der Waals surface area contributed by atoms with Gasteiger partial charge in [-0.25, -0.2) is 0 Å². The molecule has 2 aliphatic heterocycles. The molecule has 2 saturated heterocycles. The van der Waals surface area contributed by atoms with Gasteiger partial charge in [-0.3, -0.25) is 14.7 Å². The van der Waals surface area contributed by atoms with Crippen LogP contribution in [-0.2, 0) is 16.4 Å². The highest BCUT2D eigenvalue weighted by Crippen LogP contribution is 2.29. The van der Waals surface area contributed by atoms with Crippen molar-refractivity contribution in [3.8, 4) is 0 Å². The molecule has 3 heterocycles. The molecule has 9 heteroatoms. The van der Waals surface area contributed by atoms with Gasteiger partial charge in [0.25, 0.3) is 0 Å². The predicted octanol–water partition coefficient (Wildman–Crippen LogP) is 5.65. The van der Waals surface area contributed by atoms with Crippen LogP contribution in [0.3, 0.4) is 0 Å². The molecule has 1 aromatic carbocycles. The van der Waals surface area contributed by atoms with Gasteiger partial charge in [0.15, 0.2) is 0 Å². The molecule has 38 heavy (non-hydrogen) atoms. The second-order valence-electron chi connectivity index (χ2n) is 11.1. The molecule has 2 aromatic rings. The molecule has 2 fully saturated rings. The Kier molecular flexibility index (Phi) is 9.68. The lowest BCUT2D eigenvalue weighted by molar-refractivity contribution is -0.141.